The van der Waals surface area contributed by atoms with Gasteiger partial charge in [0, 0.05) is 13.1 Å². The van der Waals surface area contributed by atoms with Crippen molar-refractivity contribution in [3.05, 3.63) is 24.3 Å². The second-order valence-electron chi connectivity index (χ2n) is 4.03. The van der Waals surface area contributed by atoms with Crippen LogP contribution in [-0.2, 0) is 4.79 Å². The number of carbonyl (C=O) groups excluding carboxylic acids is 1. The van der Waals surface area contributed by atoms with Gasteiger partial charge in [-0.1, -0.05) is 12.1 Å². The Hall–Kier alpha value is -2.77. The number of imidazole rings is 1. The summed E-state index contributed by atoms with van der Waals surface area (Å²) in [6, 6.07) is 7.12. The second-order valence-corrected chi connectivity index (χ2v) is 4.03. The standard InChI is InChI=1S/C12H15N5O3/c18-10(19)7-15-12(20)14-6-5-13-11-16-8-3-1-2-4-9(8)17-11/h1-4H,5-7H2,(H,18,19)(H2,13,16,17)(H2,14,15,20). The first-order valence-corrected chi connectivity index (χ1v) is 6.07. The zero-order valence-electron chi connectivity index (χ0n) is 10.6. The summed E-state index contributed by atoms with van der Waals surface area (Å²) in [5.74, 6) is -0.459. The molecule has 106 valence electrons. The molecule has 0 fully saturated rings. The average Bonchev–Trinajstić information content (AvgIpc) is 2.84. The minimum absolute atomic E-state index is 0.350. The number of nitrogens with zero attached hydrogens (tertiary/aromatic N) is 1. The third-order valence-electron chi connectivity index (χ3n) is 2.49. The molecule has 20 heavy (non-hydrogen) atoms. The third kappa shape index (κ3) is 3.87. The fourth-order valence-electron chi connectivity index (χ4n) is 1.61. The summed E-state index contributed by atoms with van der Waals surface area (Å²) in [7, 11) is 0. The molecule has 0 saturated carbocycles. The third-order valence-corrected chi connectivity index (χ3v) is 2.49. The monoisotopic (exact) mass is 277 g/mol. The molecule has 8 nitrogen and oxygen atoms in total. The molecule has 0 aliphatic carbocycles. The minimum Gasteiger partial charge on any atom is -0.480 e. The van der Waals surface area contributed by atoms with Gasteiger partial charge in [-0.05, 0) is 12.1 Å². The molecule has 1 aromatic carbocycles. The van der Waals surface area contributed by atoms with E-state index in [4.69, 9.17) is 5.11 Å². The van der Waals surface area contributed by atoms with Gasteiger partial charge in [-0.15, -0.1) is 0 Å². The summed E-state index contributed by atoms with van der Waals surface area (Å²) in [6.07, 6.45) is 0. The maximum absolute atomic E-state index is 11.2. The van der Waals surface area contributed by atoms with E-state index < -0.39 is 18.5 Å². The molecule has 0 unspecified atom stereocenters. The molecule has 2 amide bonds. The van der Waals surface area contributed by atoms with Gasteiger partial charge in [-0.2, -0.15) is 0 Å². The Bertz CT molecular complexity index is 577. The van der Waals surface area contributed by atoms with E-state index in [0.717, 1.165) is 11.0 Å². The van der Waals surface area contributed by atoms with Crippen molar-refractivity contribution in [3.63, 3.8) is 0 Å². The number of benzene rings is 1. The highest BCUT2D eigenvalue weighted by Crippen LogP contribution is 2.12. The van der Waals surface area contributed by atoms with Crippen molar-refractivity contribution in [2.24, 2.45) is 0 Å². The van der Waals surface area contributed by atoms with Gasteiger partial charge in [-0.25, -0.2) is 9.78 Å². The van der Waals surface area contributed by atoms with Crippen LogP contribution in [0, 0.1) is 0 Å². The Morgan fingerprint density at radius 3 is 2.75 bits per heavy atom. The number of hydrogen-bond acceptors (Lipinski definition) is 4. The number of aromatic nitrogens is 2. The number of carboxylic acid groups (broad SMARTS) is 1. The second kappa shape index (κ2) is 6.41. The van der Waals surface area contributed by atoms with Crippen molar-refractivity contribution in [1.82, 2.24) is 20.6 Å². The summed E-state index contributed by atoms with van der Waals surface area (Å²) in [4.78, 5) is 28.8. The topological polar surface area (TPSA) is 119 Å². The highest BCUT2D eigenvalue weighted by Gasteiger charge is 2.03. The number of hydrogen-bond donors (Lipinski definition) is 5. The molecule has 5 N–H and O–H groups in total. The molecule has 1 heterocycles. The summed E-state index contributed by atoms with van der Waals surface area (Å²) >= 11 is 0. The molecule has 0 atom stereocenters. The van der Waals surface area contributed by atoms with Gasteiger partial charge in [0.1, 0.15) is 6.54 Å². The van der Waals surface area contributed by atoms with Crippen LogP contribution in [0.1, 0.15) is 0 Å². The Balaban J connectivity index is 1.70. The number of carbonyl (C=O) groups is 2. The number of para-hydroxylation sites is 2. The predicted octanol–water partition coefficient (Wildman–Crippen LogP) is 0.359. The largest absolute Gasteiger partial charge is 0.480 e. The predicted molar refractivity (Wildman–Crippen MR) is 73.6 cm³/mol. The summed E-state index contributed by atoms with van der Waals surface area (Å²) in [6.45, 7) is 0.422. The van der Waals surface area contributed by atoms with Gasteiger partial charge in [0.25, 0.3) is 0 Å². The Kier molecular flexibility index (Phi) is 4.38. The Morgan fingerprint density at radius 1 is 1.20 bits per heavy atom. The molecule has 2 rings (SSSR count). The van der Waals surface area contributed by atoms with Crippen molar-refractivity contribution >= 4 is 29.0 Å². The van der Waals surface area contributed by atoms with E-state index >= 15 is 0 Å². The van der Waals surface area contributed by atoms with E-state index in [1.165, 1.54) is 0 Å². The molecule has 0 saturated heterocycles. The molecule has 2 aromatic rings. The number of aliphatic carboxylic acids is 1. The molecular weight excluding hydrogens is 262 g/mol. The van der Waals surface area contributed by atoms with E-state index in [-0.39, 0.29) is 0 Å². The molecule has 8 heteroatoms. The van der Waals surface area contributed by atoms with Crippen LogP contribution < -0.4 is 16.0 Å². The molecule has 0 spiro atoms. The molecular formula is C12H15N5O3. The number of nitrogens with one attached hydrogen (secondary N) is 4. The van der Waals surface area contributed by atoms with Gasteiger partial charge < -0.3 is 26.0 Å². The van der Waals surface area contributed by atoms with Gasteiger partial charge in [0.2, 0.25) is 5.95 Å². The quantitative estimate of drug-likeness (QED) is 0.488. The summed E-state index contributed by atoms with van der Waals surface area (Å²) < 4.78 is 0. The normalized spacial score (nSPS) is 10.2. The van der Waals surface area contributed by atoms with E-state index in [0.29, 0.717) is 19.0 Å². The lowest BCUT2D eigenvalue weighted by molar-refractivity contribution is -0.135. The first-order valence-electron chi connectivity index (χ1n) is 6.07. The van der Waals surface area contributed by atoms with Crippen LogP contribution in [0.25, 0.3) is 11.0 Å². The lowest BCUT2D eigenvalue weighted by Crippen LogP contribution is -2.40. The maximum atomic E-state index is 11.2. The first kappa shape index (κ1) is 13.7. The number of amides is 2. The van der Waals surface area contributed by atoms with Crippen molar-refractivity contribution in [1.29, 1.82) is 0 Å². The number of rotatable bonds is 6. The fourth-order valence-corrected chi connectivity index (χ4v) is 1.61. The zero-order chi connectivity index (χ0) is 14.4. The SMILES string of the molecule is O=C(O)CNC(=O)NCCNc1nc2ccccc2[nH]1. The van der Waals surface area contributed by atoms with Gasteiger partial charge in [-0.3, -0.25) is 4.79 Å². The van der Waals surface area contributed by atoms with Crippen LogP contribution in [0.2, 0.25) is 0 Å². The van der Waals surface area contributed by atoms with Gasteiger partial charge in [0.15, 0.2) is 0 Å². The van der Waals surface area contributed by atoms with Crippen LogP contribution >= 0.6 is 0 Å². The fraction of sp³-hybridized carbons (Fsp3) is 0.250. The summed E-state index contributed by atoms with van der Waals surface area (Å²) in [5, 5.41) is 16.1. The maximum Gasteiger partial charge on any atom is 0.323 e. The highest BCUT2D eigenvalue weighted by molar-refractivity contribution is 5.80. The van der Waals surface area contributed by atoms with Crippen LogP contribution in [0.3, 0.4) is 0 Å². The van der Waals surface area contributed by atoms with Crippen molar-refractivity contribution in [3.8, 4) is 0 Å². The van der Waals surface area contributed by atoms with Gasteiger partial charge >= 0.3 is 12.0 Å². The molecule has 0 aliphatic heterocycles. The van der Waals surface area contributed by atoms with Gasteiger partial charge in [0.05, 0.1) is 11.0 Å². The number of carboxylic acids is 1. The Labute approximate surface area is 114 Å². The van der Waals surface area contributed by atoms with E-state index in [1.807, 2.05) is 24.3 Å². The van der Waals surface area contributed by atoms with Crippen molar-refractivity contribution in [2.45, 2.75) is 0 Å². The van der Waals surface area contributed by atoms with Crippen LogP contribution in [-0.4, -0.2) is 46.7 Å². The average molecular weight is 277 g/mol. The number of aromatic amines is 1. The highest BCUT2D eigenvalue weighted by atomic mass is 16.4. The zero-order valence-corrected chi connectivity index (χ0v) is 10.6. The number of H-pyrrole nitrogens is 1. The lowest BCUT2D eigenvalue weighted by Gasteiger charge is -2.06. The molecule has 1 aromatic heterocycles. The molecule has 0 aliphatic rings. The first-order chi connectivity index (χ1) is 9.65. The number of anilines is 1. The molecule has 0 radical (unpaired) electrons. The summed E-state index contributed by atoms with van der Waals surface area (Å²) in [5.41, 5.74) is 1.80. The lowest BCUT2D eigenvalue weighted by atomic mass is 10.3. The van der Waals surface area contributed by atoms with E-state index in [2.05, 4.69) is 25.9 Å². The molecule has 0 bridgehead atoms. The van der Waals surface area contributed by atoms with Crippen LogP contribution in [0.4, 0.5) is 10.7 Å². The Morgan fingerprint density at radius 2 is 2.00 bits per heavy atom. The minimum atomic E-state index is -1.08. The number of urea groups is 1. The van der Waals surface area contributed by atoms with E-state index in [9.17, 15) is 9.59 Å². The van der Waals surface area contributed by atoms with Crippen molar-refractivity contribution in [2.75, 3.05) is 25.0 Å². The van der Waals surface area contributed by atoms with Crippen LogP contribution in [0.5, 0.6) is 0 Å². The van der Waals surface area contributed by atoms with Crippen molar-refractivity contribution < 1.29 is 14.7 Å². The smallest absolute Gasteiger partial charge is 0.323 e. The van der Waals surface area contributed by atoms with E-state index in [1.54, 1.807) is 0 Å². The number of fused-ring (bicyclic) bond motifs is 1. The van der Waals surface area contributed by atoms with Crippen LogP contribution in [0.15, 0.2) is 24.3 Å².